The number of aryl methyl sites for hydroxylation is 2. The minimum Gasteiger partial charge on any atom is -0.361 e. The molecule has 1 aliphatic rings. The molecule has 2 heterocycles. The largest absolute Gasteiger partial charge is 0.361 e. The van der Waals surface area contributed by atoms with E-state index in [1.807, 2.05) is 27.0 Å². The van der Waals surface area contributed by atoms with Crippen LogP contribution in [0.15, 0.2) is 45.9 Å². The lowest BCUT2D eigenvalue weighted by atomic mass is 10.00. The molecule has 6 heteroatoms. The second-order valence-corrected chi connectivity index (χ2v) is 7.67. The first-order valence-corrected chi connectivity index (χ1v) is 10.4. The minimum atomic E-state index is 0.322. The van der Waals surface area contributed by atoms with Crippen molar-refractivity contribution in [2.75, 3.05) is 46.3 Å². The van der Waals surface area contributed by atoms with Crippen LogP contribution in [0.2, 0.25) is 0 Å². The molecule has 1 aliphatic heterocycles. The molecule has 2 aromatic rings. The van der Waals surface area contributed by atoms with E-state index >= 15 is 0 Å². The van der Waals surface area contributed by atoms with Crippen LogP contribution in [0.5, 0.6) is 0 Å². The Morgan fingerprint density at radius 3 is 2.55 bits per heavy atom. The standard InChI is InChI=1S/C23H33N5O/c1-18(22-19(2)26-29-20(22)3)17-25-23(24-4)28-15-13-27(14-16-28)12-8-11-21-9-6-5-7-10-21/h5-11,18H,12-17H2,1-4H3,(H,24,25)/b11-8+. The Bertz CT molecular complexity index is 800. The molecular weight excluding hydrogens is 362 g/mol. The Balaban J connectivity index is 1.44. The van der Waals surface area contributed by atoms with Gasteiger partial charge in [0.25, 0.3) is 0 Å². The van der Waals surface area contributed by atoms with Gasteiger partial charge in [-0.1, -0.05) is 54.6 Å². The van der Waals surface area contributed by atoms with Crippen molar-refractivity contribution in [3.8, 4) is 0 Å². The Morgan fingerprint density at radius 2 is 1.93 bits per heavy atom. The molecule has 0 amide bonds. The average molecular weight is 396 g/mol. The Labute approximate surface area is 174 Å². The lowest BCUT2D eigenvalue weighted by Gasteiger charge is -2.36. The lowest BCUT2D eigenvalue weighted by molar-refractivity contribution is 0.194. The highest BCUT2D eigenvalue weighted by molar-refractivity contribution is 5.80. The van der Waals surface area contributed by atoms with E-state index in [4.69, 9.17) is 4.52 Å². The highest BCUT2D eigenvalue weighted by Gasteiger charge is 2.21. The van der Waals surface area contributed by atoms with Crippen molar-refractivity contribution in [3.05, 3.63) is 59.0 Å². The first-order chi connectivity index (χ1) is 14.1. The molecule has 1 saturated heterocycles. The van der Waals surface area contributed by atoms with Crippen molar-refractivity contribution in [2.24, 2.45) is 4.99 Å². The highest BCUT2D eigenvalue weighted by atomic mass is 16.5. The first-order valence-electron chi connectivity index (χ1n) is 10.4. The van der Waals surface area contributed by atoms with E-state index in [0.717, 1.165) is 56.7 Å². The zero-order valence-electron chi connectivity index (χ0n) is 18.1. The highest BCUT2D eigenvalue weighted by Crippen LogP contribution is 2.22. The van der Waals surface area contributed by atoms with E-state index in [9.17, 15) is 0 Å². The zero-order valence-corrected chi connectivity index (χ0v) is 18.1. The number of nitrogens with one attached hydrogen (secondary N) is 1. The van der Waals surface area contributed by atoms with Crippen LogP contribution in [-0.4, -0.2) is 67.2 Å². The van der Waals surface area contributed by atoms with E-state index < -0.39 is 0 Å². The van der Waals surface area contributed by atoms with Crippen molar-refractivity contribution in [1.29, 1.82) is 0 Å². The number of aromatic nitrogens is 1. The molecule has 1 aromatic carbocycles. The van der Waals surface area contributed by atoms with Crippen LogP contribution in [0.1, 0.15) is 35.4 Å². The van der Waals surface area contributed by atoms with Crippen LogP contribution < -0.4 is 5.32 Å². The third-order valence-electron chi connectivity index (χ3n) is 5.50. The molecule has 0 radical (unpaired) electrons. The maximum absolute atomic E-state index is 5.31. The monoisotopic (exact) mass is 395 g/mol. The molecule has 1 aromatic heterocycles. The smallest absolute Gasteiger partial charge is 0.193 e. The van der Waals surface area contributed by atoms with Crippen LogP contribution in [0, 0.1) is 13.8 Å². The average Bonchev–Trinajstić information content (AvgIpc) is 3.08. The van der Waals surface area contributed by atoms with Crippen molar-refractivity contribution < 1.29 is 4.52 Å². The van der Waals surface area contributed by atoms with E-state index in [0.29, 0.717) is 5.92 Å². The van der Waals surface area contributed by atoms with E-state index in [-0.39, 0.29) is 0 Å². The van der Waals surface area contributed by atoms with Crippen molar-refractivity contribution >= 4 is 12.0 Å². The van der Waals surface area contributed by atoms with Gasteiger partial charge in [-0.15, -0.1) is 0 Å². The molecule has 0 spiro atoms. The fourth-order valence-electron chi connectivity index (χ4n) is 3.92. The summed E-state index contributed by atoms with van der Waals surface area (Å²) in [5, 5.41) is 7.61. The summed E-state index contributed by atoms with van der Waals surface area (Å²) in [5.74, 6) is 2.20. The van der Waals surface area contributed by atoms with Crippen molar-refractivity contribution in [1.82, 2.24) is 20.3 Å². The lowest BCUT2D eigenvalue weighted by Crippen LogP contribution is -2.52. The summed E-state index contributed by atoms with van der Waals surface area (Å²) in [5.41, 5.74) is 3.43. The van der Waals surface area contributed by atoms with Gasteiger partial charge < -0.3 is 14.7 Å². The number of hydrogen-bond donors (Lipinski definition) is 1. The van der Waals surface area contributed by atoms with Crippen LogP contribution >= 0.6 is 0 Å². The van der Waals surface area contributed by atoms with Gasteiger partial charge in [0.1, 0.15) is 5.76 Å². The predicted octanol–water partition coefficient (Wildman–Crippen LogP) is 3.30. The van der Waals surface area contributed by atoms with Crippen LogP contribution in [-0.2, 0) is 0 Å². The molecule has 1 fully saturated rings. The molecular formula is C23H33N5O. The summed E-state index contributed by atoms with van der Waals surface area (Å²) < 4.78 is 5.31. The van der Waals surface area contributed by atoms with E-state index in [2.05, 4.69) is 68.6 Å². The second-order valence-electron chi connectivity index (χ2n) is 7.67. The van der Waals surface area contributed by atoms with Gasteiger partial charge >= 0.3 is 0 Å². The molecule has 0 aliphatic carbocycles. The fourth-order valence-corrected chi connectivity index (χ4v) is 3.92. The zero-order chi connectivity index (χ0) is 20.6. The van der Waals surface area contributed by atoms with Crippen molar-refractivity contribution in [2.45, 2.75) is 26.7 Å². The summed E-state index contributed by atoms with van der Waals surface area (Å²) in [4.78, 5) is 9.32. The number of aliphatic imine (C=N–C) groups is 1. The van der Waals surface area contributed by atoms with E-state index in [1.54, 1.807) is 0 Å². The Hall–Kier alpha value is -2.60. The second kappa shape index (κ2) is 10.3. The first kappa shape index (κ1) is 21.1. The third-order valence-corrected chi connectivity index (χ3v) is 5.50. The summed E-state index contributed by atoms with van der Waals surface area (Å²) in [6.07, 6.45) is 4.45. The number of hydrogen-bond acceptors (Lipinski definition) is 4. The van der Waals surface area contributed by atoms with Crippen LogP contribution in [0.4, 0.5) is 0 Å². The fraction of sp³-hybridized carbons (Fsp3) is 0.478. The maximum atomic E-state index is 5.31. The van der Waals surface area contributed by atoms with Gasteiger partial charge in [0.15, 0.2) is 5.96 Å². The van der Waals surface area contributed by atoms with Gasteiger partial charge in [-0.2, -0.15) is 0 Å². The molecule has 29 heavy (non-hydrogen) atoms. The van der Waals surface area contributed by atoms with Gasteiger partial charge in [0.05, 0.1) is 5.69 Å². The SMILES string of the molecule is CN=C(NCC(C)c1c(C)noc1C)N1CCN(C/C=C/c2ccccc2)CC1. The normalized spacial score (nSPS) is 17.1. The predicted molar refractivity (Wildman–Crippen MR) is 119 cm³/mol. The summed E-state index contributed by atoms with van der Waals surface area (Å²) in [6.45, 7) is 12.0. The summed E-state index contributed by atoms with van der Waals surface area (Å²) >= 11 is 0. The van der Waals surface area contributed by atoms with Crippen molar-refractivity contribution in [3.63, 3.8) is 0 Å². The number of benzene rings is 1. The molecule has 156 valence electrons. The number of rotatable bonds is 6. The molecule has 0 bridgehead atoms. The van der Waals surface area contributed by atoms with Gasteiger partial charge in [0, 0.05) is 57.8 Å². The van der Waals surface area contributed by atoms with Gasteiger partial charge in [-0.05, 0) is 19.4 Å². The molecule has 1 N–H and O–H groups in total. The number of nitrogens with zero attached hydrogens (tertiary/aromatic N) is 4. The molecule has 0 saturated carbocycles. The van der Waals surface area contributed by atoms with Gasteiger partial charge in [0.2, 0.25) is 0 Å². The Kier molecular flexibility index (Phi) is 7.47. The quantitative estimate of drug-likeness (QED) is 0.601. The topological polar surface area (TPSA) is 56.9 Å². The van der Waals surface area contributed by atoms with Crippen LogP contribution in [0.25, 0.3) is 6.08 Å². The summed E-state index contributed by atoms with van der Waals surface area (Å²) in [7, 11) is 1.86. The minimum absolute atomic E-state index is 0.322. The summed E-state index contributed by atoms with van der Waals surface area (Å²) in [6, 6.07) is 10.5. The molecule has 1 unspecified atom stereocenters. The number of piperazine rings is 1. The Morgan fingerprint density at radius 1 is 1.21 bits per heavy atom. The van der Waals surface area contributed by atoms with Crippen LogP contribution in [0.3, 0.4) is 0 Å². The third kappa shape index (κ3) is 5.70. The number of guanidine groups is 1. The maximum Gasteiger partial charge on any atom is 0.193 e. The molecule has 1 atom stereocenters. The van der Waals surface area contributed by atoms with Gasteiger partial charge in [-0.25, -0.2) is 0 Å². The van der Waals surface area contributed by atoms with E-state index in [1.165, 1.54) is 11.1 Å². The molecule has 6 nitrogen and oxygen atoms in total. The molecule has 3 rings (SSSR count). The van der Waals surface area contributed by atoms with Gasteiger partial charge in [-0.3, -0.25) is 9.89 Å².